The lowest BCUT2D eigenvalue weighted by atomic mass is 10.2. The Bertz CT molecular complexity index is 1100. The zero-order chi connectivity index (χ0) is 24.2. The number of hydrogen-bond acceptors (Lipinski definition) is 6. The minimum absolute atomic E-state index is 0.0354. The molecule has 34 heavy (non-hydrogen) atoms. The Balaban J connectivity index is 1.55. The molecule has 0 radical (unpaired) electrons. The molecular weight excluding hydrogens is 464 g/mol. The average molecular weight is 499 g/mol. The highest BCUT2D eigenvalue weighted by molar-refractivity contribution is 7.99. The van der Waals surface area contributed by atoms with Crippen LogP contribution in [0.15, 0.2) is 69.4 Å². The van der Waals surface area contributed by atoms with E-state index in [-0.39, 0.29) is 17.2 Å². The number of carbonyl (C=O) groups excluding carboxylic acids is 1. The predicted octanol–water partition coefficient (Wildman–Crippen LogP) is 4.52. The van der Waals surface area contributed by atoms with Gasteiger partial charge in [-0.05, 0) is 62.5 Å². The number of para-hydroxylation sites is 1. The second kappa shape index (κ2) is 14.2. The third-order valence-electron chi connectivity index (χ3n) is 5.56. The first-order valence-corrected chi connectivity index (χ1v) is 13.9. The van der Waals surface area contributed by atoms with Gasteiger partial charge in [-0.25, -0.2) is 4.98 Å². The van der Waals surface area contributed by atoms with Crippen molar-refractivity contribution in [2.45, 2.75) is 43.3 Å². The molecule has 0 aliphatic heterocycles. The van der Waals surface area contributed by atoms with Gasteiger partial charge in [0.1, 0.15) is 0 Å². The Morgan fingerprint density at radius 2 is 1.74 bits per heavy atom. The van der Waals surface area contributed by atoms with Gasteiger partial charge in [-0.15, -0.1) is 11.8 Å². The van der Waals surface area contributed by atoms with Crippen molar-refractivity contribution in [1.29, 1.82) is 0 Å². The van der Waals surface area contributed by atoms with Crippen LogP contribution < -0.4 is 10.9 Å². The van der Waals surface area contributed by atoms with Crippen LogP contribution in [0.3, 0.4) is 0 Å². The SMILES string of the molecule is CCN(CC)CCCn1c(SCC(=O)NCCCSc2ccccc2)nc2ccccc2c1=O. The molecule has 0 fully saturated rings. The van der Waals surface area contributed by atoms with Crippen molar-refractivity contribution in [2.75, 3.05) is 37.7 Å². The van der Waals surface area contributed by atoms with Crippen molar-refractivity contribution in [3.8, 4) is 0 Å². The minimum atomic E-state index is -0.0361. The molecule has 182 valence electrons. The fraction of sp³-hybridized carbons (Fsp3) is 0.423. The molecule has 0 bridgehead atoms. The van der Waals surface area contributed by atoms with Crippen molar-refractivity contribution in [1.82, 2.24) is 19.8 Å². The van der Waals surface area contributed by atoms with Crippen LogP contribution in [0.1, 0.15) is 26.7 Å². The summed E-state index contributed by atoms with van der Waals surface area (Å²) in [4.78, 5) is 33.9. The fourth-order valence-corrected chi connectivity index (χ4v) is 5.36. The van der Waals surface area contributed by atoms with Crippen LogP contribution >= 0.6 is 23.5 Å². The lowest BCUT2D eigenvalue weighted by Crippen LogP contribution is -2.29. The Kier molecular flexibility index (Phi) is 11.0. The molecule has 0 aliphatic carbocycles. The monoisotopic (exact) mass is 498 g/mol. The van der Waals surface area contributed by atoms with Gasteiger partial charge in [-0.2, -0.15) is 0 Å². The van der Waals surface area contributed by atoms with Gasteiger partial charge in [0.05, 0.1) is 16.7 Å². The number of carbonyl (C=O) groups is 1. The van der Waals surface area contributed by atoms with Crippen LogP contribution in [0.5, 0.6) is 0 Å². The van der Waals surface area contributed by atoms with Crippen molar-refractivity contribution in [3.05, 3.63) is 65.0 Å². The van der Waals surface area contributed by atoms with E-state index >= 15 is 0 Å². The number of nitrogens with zero attached hydrogens (tertiary/aromatic N) is 3. The van der Waals surface area contributed by atoms with Gasteiger partial charge in [0.15, 0.2) is 5.16 Å². The highest BCUT2D eigenvalue weighted by Gasteiger charge is 2.13. The lowest BCUT2D eigenvalue weighted by Gasteiger charge is -2.19. The van der Waals surface area contributed by atoms with Crippen LogP contribution in [0, 0.1) is 0 Å². The number of benzene rings is 2. The third kappa shape index (κ3) is 7.89. The normalized spacial score (nSPS) is 11.3. The largest absolute Gasteiger partial charge is 0.355 e. The van der Waals surface area contributed by atoms with Gasteiger partial charge in [-0.1, -0.05) is 55.9 Å². The molecule has 3 aromatic rings. The first-order valence-electron chi connectivity index (χ1n) is 11.9. The summed E-state index contributed by atoms with van der Waals surface area (Å²) in [5.41, 5.74) is 0.638. The third-order valence-corrected chi connectivity index (χ3v) is 7.64. The van der Waals surface area contributed by atoms with Gasteiger partial charge in [0.25, 0.3) is 5.56 Å². The van der Waals surface area contributed by atoms with Crippen LogP contribution in [0.2, 0.25) is 0 Å². The molecule has 1 N–H and O–H groups in total. The summed E-state index contributed by atoms with van der Waals surface area (Å²) >= 11 is 3.13. The van der Waals surface area contributed by atoms with Crippen LogP contribution in [-0.4, -0.2) is 58.0 Å². The maximum Gasteiger partial charge on any atom is 0.262 e. The highest BCUT2D eigenvalue weighted by Crippen LogP contribution is 2.19. The molecule has 0 saturated heterocycles. The number of hydrogen-bond donors (Lipinski definition) is 1. The van der Waals surface area contributed by atoms with Crippen molar-refractivity contribution in [3.63, 3.8) is 0 Å². The van der Waals surface area contributed by atoms with Gasteiger partial charge >= 0.3 is 0 Å². The van der Waals surface area contributed by atoms with E-state index in [1.807, 2.05) is 42.5 Å². The van der Waals surface area contributed by atoms with Gasteiger partial charge in [0.2, 0.25) is 5.91 Å². The highest BCUT2D eigenvalue weighted by atomic mass is 32.2. The smallest absolute Gasteiger partial charge is 0.262 e. The summed E-state index contributed by atoms with van der Waals surface area (Å²) in [7, 11) is 0. The molecule has 1 amide bonds. The number of fused-ring (bicyclic) bond motifs is 1. The number of thioether (sulfide) groups is 2. The average Bonchev–Trinajstić information content (AvgIpc) is 2.87. The second-order valence-electron chi connectivity index (χ2n) is 7.90. The summed E-state index contributed by atoms with van der Waals surface area (Å²) in [6.45, 7) is 8.44. The molecule has 0 spiro atoms. The Morgan fingerprint density at radius 3 is 2.50 bits per heavy atom. The first kappa shape index (κ1) is 26.3. The molecule has 0 atom stereocenters. The van der Waals surface area contributed by atoms with Gasteiger partial charge in [0, 0.05) is 18.0 Å². The first-order chi connectivity index (χ1) is 16.6. The van der Waals surface area contributed by atoms with Crippen LogP contribution in [0.25, 0.3) is 10.9 Å². The fourth-order valence-electron chi connectivity index (χ4n) is 3.64. The van der Waals surface area contributed by atoms with Crippen molar-refractivity contribution >= 4 is 40.3 Å². The summed E-state index contributed by atoms with van der Waals surface area (Å²) < 4.78 is 1.74. The molecular formula is C26H34N4O2S2. The quantitative estimate of drug-likeness (QED) is 0.200. The van der Waals surface area contributed by atoms with Crippen LogP contribution in [-0.2, 0) is 11.3 Å². The Hall–Kier alpha value is -2.29. The molecule has 1 aromatic heterocycles. The van der Waals surface area contributed by atoms with Crippen molar-refractivity contribution < 1.29 is 4.79 Å². The van der Waals surface area contributed by atoms with E-state index in [0.29, 0.717) is 29.1 Å². The van der Waals surface area contributed by atoms with Crippen molar-refractivity contribution in [2.24, 2.45) is 0 Å². The zero-order valence-electron chi connectivity index (χ0n) is 20.0. The molecule has 1 heterocycles. The second-order valence-corrected chi connectivity index (χ2v) is 10.0. The zero-order valence-corrected chi connectivity index (χ0v) is 21.7. The maximum absolute atomic E-state index is 13.2. The van der Waals surface area contributed by atoms with E-state index in [1.165, 1.54) is 16.7 Å². The van der Waals surface area contributed by atoms with E-state index in [1.54, 1.807) is 16.3 Å². The van der Waals surface area contributed by atoms with E-state index in [9.17, 15) is 9.59 Å². The summed E-state index contributed by atoms with van der Waals surface area (Å²) in [6.07, 6.45) is 1.76. The Morgan fingerprint density at radius 1 is 1.00 bits per heavy atom. The Labute approximate surface area is 210 Å². The number of amides is 1. The molecule has 0 saturated carbocycles. The number of aromatic nitrogens is 2. The van der Waals surface area contributed by atoms with E-state index in [4.69, 9.17) is 4.98 Å². The van der Waals surface area contributed by atoms with Gasteiger partial charge < -0.3 is 10.2 Å². The maximum atomic E-state index is 13.2. The van der Waals surface area contributed by atoms with E-state index < -0.39 is 0 Å². The van der Waals surface area contributed by atoms with Crippen LogP contribution in [0.4, 0.5) is 0 Å². The number of nitrogens with one attached hydrogen (secondary N) is 1. The molecule has 0 unspecified atom stereocenters. The lowest BCUT2D eigenvalue weighted by molar-refractivity contribution is -0.118. The summed E-state index contributed by atoms with van der Waals surface area (Å²) in [6, 6.07) is 17.7. The topological polar surface area (TPSA) is 67.2 Å². The minimum Gasteiger partial charge on any atom is -0.355 e. The summed E-state index contributed by atoms with van der Waals surface area (Å²) in [5.74, 6) is 1.16. The molecule has 8 heteroatoms. The number of rotatable bonds is 14. The molecule has 3 rings (SSSR count). The molecule has 0 aliphatic rings. The molecule has 6 nitrogen and oxygen atoms in total. The predicted molar refractivity (Wildman–Crippen MR) is 144 cm³/mol. The van der Waals surface area contributed by atoms with E-state index in [0.717, 1.165) is 38.2 Å². The summed E-state index contributed by atoms with van der Waals surface area (Å²) in [5, 5.41) is 4.22. The standard InChI is InChI=1S/C26H34N4O2S2/c1-3-29(4-2)17-11-18-30-25(32)22-14-8-9-15-23(22)28-26(30)34-20-24(31)27-16-10-19-33-21-12-6-5-7-13-21/h5-9,12-15H,3-4,10-11,16-20H2,1-2H3,(H,27,31). The van der Waals surface area contributed by atoms with Gasteiger partial charge in [-0.3, -0.25) is 14.2 Å². The molecule has 2 aromatic carbocycles. The van der Waals surface area contributed by atoms with E-state index in [2.05, 4.69) is 36.2 Å².